The zero-order valence-corrected chi connectivity index (χ0v) is 6.79. The van der Waals surface area contributed by atoms with Crippen molar-refractivity contribution < 1.29 is 55.6 Å². The maximum absolute atomic E-state index is 9.00. The molecule has 0 aliphatic rings. The van der Waals surface area contributed by atoms with Gasteiger partial charge in [-0.2, -0.15) is 0 Å². The molecule has 0 aliphatic heterocycles. The molecule has 0 aromatic carbocycles. The second-order valence-electron chi connectivity index (χ2n) is 0.897. The van der Waals surface area contributed by atoms with Crippen molar-refractivity contribution in [1.82, 2.24) is 0 Å². The molecule has 0 saturated heterocycles. The monoisotopic (exact) mass is 242 g/mol. The quantitative estimate of drug-likeness (QED) is 0.520. The van der Waals surface area contributed by atoms with Crippen molar-refractivity contribution in [1.29, 1.82) is 0 Å². The van der Waals surface area contributed by atoms with E-state index in [9.17, 15) is 0 Å². The Bertz CT molecular complexity index is 201. The summed E-state index contributed by atoms with van der Waals surface area (Å²) in [5.74, 6) is -0.833. The third-order valence-corrected chi connectivity index (χ3v) is 0. The van der Waals surface area contributed by atoms with E-state index in [0.29, 0.717) is 0 Å². The normalized spacial score (nSPS) is 8.20. The Morgan fingerprint density at radius 3 is 1.40 bits per heavy atom. The summed E-state index contributed by atoms with van der Waals surface area (Å²) in [7, 11) is 0. The Balaban J connectivity index is -0.0000000910. The summed E-state index contributed by atoms with van der Waals surface area (Å²) >= 11 is -5.62. The zero-order chi connectivity index (χ0) is 8.08. The van der Waals surface area contributed by atoms with Crippen molar-refractivity contribution >= 4 is 5.97 Å². The predicted molar refractivity (Wildman–Crippen MR) is 15.4 cm³/mol. The molecule has 0 rings (SSSR count). The number of carbonyl (C=O) groups is 1. The molecule has 0 heterocycles. The van der Waals surface area contributed by atoms with Gasteiger partial charge in [0.15, 0.2) is 0 Å². The first-order valence-electron chi connectivity index (χ1n) is 1.54. The molecule has 0 aromatic heterocycles. The number of carboxylic acid groups (broad SMARTS) is 1. The summed E-state index contributed by atoms with van der Waals surface area (Å²) in [6.07, 6.45) is 0. The number of hydrogen-bond acceptors (Lipinski definition) is 5. The number of hydrogen-bond donors (Lipinski definition) is 1. The fourth-order valence-electron chi connectivity index (χ4n) is 0. The third kappa shape index (κ3) is 21600. The first-order valence-corrected chi connectivity index (χ1v) is 3.47. The molecule has 1 N–H and O–H groups in total. The summed E-state index contributed by atoms with van der Waals surface area (Å²) in [6, 6.07) is 0. The van der Waals surface area contributed by atoms with Gasteiger partial charge in [-0.1, -0.05) is 0 Å². The maximum atomic E-state index is 9.00. The van der Waals surface area contributed by atoms with E-state index in [-0.39, 0.29) is 17.1 Å². The van der Waals surface area contributed by atoms with E-state index in [1.54, 1.807) is 0 Å². The van der Waals surface area contributed by atoms with Gasteiger partial charge in [-0.05, 0) is 0 Å². The number of aliphatic carboxylic acids is 1. The zero-order valence-electron chi connectivity index (χ0n) is 4.67. The Kier molecular flexibility index (Phi) is 11.5. The van der Waals surface area contributed by atoms with Crippen LogP contribution < -0.4 is 4.19 Å². The molecule has 0 bridgehead atoms. The van der Waals surface area contributed by atoms with Crippen molar-refractivity contribution in [2.24, 2.45) is 0 Å². The van der Waals surface area contributed by atoms with Crippen molar-refractivity contribution in [3.63, 3.8) is 0 Å². The predicted octanol–water partition coefficient (Wildman–Crippen LogP) is -1.46. The van der Waals surface area contributed by atoms with Crippen molar-refractivity contribution in [2.45, 2.75) is 6.92 Å². The van der Waals surface area contributed by atoms with E-state index in [2.05, 4.69) is 0 Å². The third-order valence-electron chi connectivity index (χ3n) is 0. The van der Waals surface area contributed by atoms with Crippen LogP contribution in [0.2, 0.25) is 0 Å². The molecule has 0 fully saturated rings. The molecule has 6 nitrogen and oxygen atoms in total. The molecule has 66 valence electrons. The summed E-state index contributed by atoms with van der Waals surface area (Å²) in [5.41, 5.74) is 0. The Morgan fingerprint density at radius 2 is 1.40 bits per heavy atom. The second kappa shape index (κ2) is 6.98. The van der Waals surface area contributed by atoms with Gasteiger partial charge in [0.2, 0.25) is 0 Å². The average molecular weight is 243 g/mol. The van der Waals surface area contributed by atoms with E-state index >= 15 is 0 Å². The minimum atomic E-state index is -5.62. The van der Waals surface area contributed by atoms with E-state index in [1.807, 2.05) is 0 Å². The van der Waals surface area contributed by atoms with Crippen molar-refractivity contribution in [3.05, 3.63) is 0 Å². The Hall–Kier alpha value is -0.131. The molecule has 0 aliphatic carbocycles. The second-order valence-corrected chi connectivity index (χ2v) is 2.08. The molecular formula is C2H4CuMnO6. The van der Waals surface area contributed by atoms with Crippen molar-refractivity contribution in [3.8, 4) is 0 Å². The molecular weight excluding hydrogens is 238 g/mol. The van der Waals surface area contributed by atoms with Gasteiger partial charge < -0.3 is 5.11 Å². The van der Waals surface area contributed by atoms with E-state index in [4.69, 9.17) is 25.6 Å². The summed E-state index contributed by atoms with van der Waals surface area (Å²) in [5, 5.41) is 7.42. The standard InChI is InChI=1S/C2H4O2.Cu.Mn.4O/c1-2(3)4;;;;;;/h1H3,(H,3,4);;;;;;/q;+1;;;;;-1. The fourth-order valence-corrected chi connectivity index (χ4v) is 0. The van der Waals surface area contributed by atoms with E-state index in [1.165, 1.54) is 0 Å². The van der Waals surface area contributed by atoms with Crippen LogP contribution in [0.5, 0.6) is 0 Å². The summed E-state index contributed by atoms with van der Waals surface area (Å²) in [6.45, 7) is 1.08. The van der Waals surface area contributed by atoms with Gasteiger partial charge in [-0.3, -0.25) is 4.79 Å². The van der Waals surface area contributed by atoms with Gasteiger partial charge >= 0.3 is 45.7 Å². The molecule has 0 aromatic rings. The molecule has 8 heteroatoms. The summed E-state index contributed by atoms with van der Waals surface area (Å²) in [4.78, 5) is 9.00. The Labute approximate surface area is 68.9 Å². The number of carboxylic acids is 1. The van der Waals surface area contributed by atoms with Crippen LogP contribution in [-0.4, -0.2) is 11.1 Å². The van der Waals surface area contributed by atoms with Crippen LogP contribution in [0.25, 0.3) is 0 Å². The summed E-state index contributed by atoms with van der Waals surface area (Å²) < 4.78 is 34.3. The molecule has 0 atom stereocenters. The van der Waals surface area contributed by atoms with Crippen LogP contribution >= 0.6 is 0 Å². The van der Waals surface area contributed by atoms with Gasteiger partial charge in [0.25, 0.3) is 5.97 Å². The van der Waals surface area contributed by atoms with Crippen LogP contribution in [0.3, 0.4) is 0 Å². The van der Waals surface area contributed by atoms with E-state index < -0.39 is 18.9 Å². The first kappa shape index (κ1) is 16.5. The number of rotatable bonds is 0. The fraction of sp³-hybridized carbons (Fsp3) is 0.500. The van der Waals surface area contributed by atoms with Crippen LogP contribution in [0, 0.1) is 0 Å². The van der Waals surface area contributed by atoms with Gasteiger partial charge in [-0.25, -0.2) is 0 Å². The van der Waals surface area contributed by atoms with Crippen LogP contribution in [-0.2, 0) is 46.3 Å². The molecule has 0 radical (unpaired) electrons. The minimum absolute atomic E-state index is 0. The average Bonchev–Trinajstić information content (AvgIpc) is 1.19. The van der Waals surface area contributed by atoms with Crippen LogP contribution in [0.4, 0.5) is 0 Å². The van der Waals surface area contributed by atoms with Crippen molar-refractivity contribution in [2.75, 3.05) is 0 Å². The van der Waals surface area contributed by atoms with Gasteiger partial charge in [0.1, 0.15) is 0 Å². The molecule has 0 saturated carbocycles. The van der Waals surface area contributed by atoms with Crippen LogP contribution in [0.1, 0.15) is 6.92 Å². The van der Waals surface area contributed by atoms with Crippen LogP contribution in [0.15, 0.2) is 0 Å². The Morgan fingerprint density at radius 1 is 1.40 bits per heavy atom. The molecule has 0 spiro atoms. The van der Waals surface area contributed by atoms with E-state index in [0.717, 1.165) is 6.92 Å². The topological polar surface area (TPSA) is 112 Å². The molecule has 10 heavy (non-hydrogen) atoms. The first-order chi connectivity index (χ1) is 3.73. The van der Waals surface area contributed by atoms with Gasteiger partial charge in [0, 0.05) is 6.92 Å². The molecule has 0 unspecified atom stereocenters. The SMILES string of the molecule is CC(=O)O.[Cu+].[O]=[Mn](=[O])(=[O])[O-]. The van der Waals surface area contributed by atoms with Gasteiger partial charge in [0.05, 0.1) is 0 Å². The molecule has 0 amide bonds. The van der Waals surface area contributed by atoms with Gasteiger partial charge in [-0.15, -0.1) is 0 Å².